The third-order valence-electron chi connectivity index (χ3n) is 5.07. The first-order valence-corrected chi connectivity index (χ1v) is 12.1. The van der Waals surface area contributed by atoms with Crippen molar-refractivity contribution < 1.29 is 23.1 Å². The van der Waals surface area contributed by atoms with E-state index in [9.17, 15) is 18.0 Å². The third-order valence-corrected chi connectivity index (χ3v) is 7.83. The molecule has 3 aromatic rings. The molecule has 1 aliphatic heterocycles. The number of aromatic nitrogens is 2. The van der Waals surface area contributed by atoms with Gasteiger partial charge in [-0.3, -0.25) is 9.78 Å². The highest BCUT2D eigenvalue weighted by Gasteiger charge is 2.31. The minimum Gasteiger partial charge on any atom is -0.465 e. The second-order valence-corrected chi connectivity index (χ2v) is 10.4. The lowest BCUT2D eigenvalue weighted by molar-refractivity contribution is -0.114. The Kier molecular flexibility index (Phi) is 6.09. The van der Waals surface area contributed by atoms with Crippen molar-refractivity contribution >= 4 is 48.7 Å². The van der Waals surface area contributed by atoms with E-state index in [0.29, 0.717) is 30.1 Å². The molecule has 168 valence electrons. The van der Waals surface area contributed by atoms with Crippen LogP contribution in [0, 0.1) is 0 Å². The van der Waals surface area contributed by atoms with E-state index >= 15 is 0 Å². The van der Waals surface area contributed by atoms with Gasteiger partial charge in [0.1, 0.15) is 4.90 Å². The number of sulfonamides is 1. The summed E-state index contributed by atoms with van der Waals surface area (Å²) in [6.45, 7) is 1.82. The lowest BCUT2D eigenvalue weighted by Gasteiger charge is -2.31. The number of piperidine rings is 1. The standard InChI is InChI=1S/C20H21N5O5S2/c1-12(26)22-19-24-17-5-4-13(8-18(17)31-19)14-7-16(10-21-9-14)32(29,30)25-6-2-3-15(11-25)23-20(27)28/h4-5,7-10,15,23H,2-3,6,11H2,1H3,(H,27,28)(H,22,24,26). The van der Waals surface area contributed by atoms with Crippen molar-refractivity contribution in [1.29, 1.82) is 0 Å². The maximum absolute atomic E-state index is 13.2. The molecule has 10 nitrogen and oxygen atoms in total. The Labute approximate surface area is 188 Å². The minimum absolute atomic E-state index is 0.0503. The Hall–Kier alpha value is -3.09. The largest absolute Gasteiger partial charge is 0.465 e. The van der Waals surface area contributed by atoms with Gasteiger partial charge >= 0.3 is 6.09 Å². The number of nitrogens with one attached hydrogen (secondary N) is 2. The molecule has 2 amide bonds. The zero-order valence-corrected chi connectivity index (χ0v) is 18.7. The fourth-order valence-electron chi connectivity index (χ4n) is 3.63. The molecule has 2 aromatic heterocycles. The topological polar surface area (TPSA) is 142 Å². The quantitative estimate of drug-likeness (QED) is 0.515. The van der Waals surface area contributed by atoms with Crippen LogP contribution in [0.2, 0.25) is 0 Å². The molecule has 0 spiro atoms. The molecule has 3 N–H and O–H groups in total. The van der Waals surface area contributed by atoms with Gasteiger partial charge in [-0.2, -0.15) is 4.31 Å². The Morgan fingerprint density at radius 3 is 2.78 bits per heavy atom. The summed E-state index contributed by atoms with van der Waals surface area (Å²) in [5, 5.41) is 14.5. The van der Waals surface area contributed by atoms with E-state index in [1.807, 2.05) is 12.1 Å². The van der Waals surface area contributed by atoms with E-state index in [2.05, 4.69) is 20.6 Å². The molecule has 0 radical (unpaired) electrons. The molecule has 12 heteroatoms. The smallest absolute Gasteiger partial charge is 0.404 e. The third kappa shape index (κ3) is 4.71. The summed E-state index contributed by atoms with van der Waals surface area (Å²) in [6, 6.07) is 6.62. The number of thiazole rings is 1. The number of hydrogen-bond acceptors (Lipinski definition) is 7. The highest BCUT2D eigenvalue weighted by atomic mass is 32.2. The Morgan fingerprint density at radius 2 is 2.03 bits per heavy atom. The molecule has 1 unspecified atom stereocenters. The van der Waals surface area contributed by atoms with Crippen molar-refractivity contribution in [2.75, 3.05) is 18.4 Å². The maximum atomic E-state index is 13.2. The first-order chi connectivity index (χ1) is 15.2. The molecule has 1 fully saturated rings. The maximum Gasteiger partial charge on any atom is 0.404 e. The van der Waals surface area contributed by atoms with Gasteiger partial charge in [0.25, 0.3) is 0 Å². The number of carbonyl (C=O) groups is 2. The van der Waals surface area contributed by atoms with Crippen LogP contribution in [0.3, 0.4) is 0 Å². The molecular weight excluding hydrogens is 454 g/mol. The molecule has 3 heterocycles. The van der Waals surface area contributed by atoms with Crippen LogP contribution in [-0.2, 0) is 14.8 Å². The monoisotopic (exact) mass is 475 g/mol. The summed E-state index contributed by atoms with van der Waals surface area (Å²) in [5.41, 5.74) is 2.12. The van der Waals surface area contributed by atoms with E-state index in [1.54, 1.807) is 18.3 Å². The Bertz CT molecular complexity index is 1290. The summed E-state index contributed by atoms with van der Waals surface area (Å²) < 4.78 is 28.5. The van der Waals surface area contributed by atoms with Crippen LogP contribution < -0.4 is 10.6 Å². The highest BCUT2D eigenvalue weighted by molar-refractivity contribution is 7.89. The van der Waals surface area contributed by atoms with E-state index in [0.717, 1.165) is 15.8 Å². The SMILES string of the molecule is CC(=O)Nc1nc2ccc(-c3cncc(S(=O)(=O)N4CCCC(NC(=O)O)C4)c3)cc2s1. The molecule has 0 aliphatic carbocycles. The van der Waals surface area contributed by atoms with Crippen LogP contribution in [0.5, 0.6) is 0 Å². The Balaban J connectivity index is 1.61. The van der Waals surface area contributed by atoms with Gasteiger partial charge in [0.15, 0.2) is 5.13 Å². The van der Waals surface area contributed by atoms with Gasteiger partial charge in [-0.1, -0.05) is 17.4 Å². The fraction of sp³-hybridized carbons (Fsp3) is 0.300. The number of rotatable bonds is 5. The predicted octanol–water partition coefficient (Wildman–Crippen LogP) is 2.74. The summed E-state index contributed by atoms with van der Waals surface area (Å²) in [7, 11) is -3.83. The average Bonchev–Trinajstić information content (AvgIpc) is 3.14. The van der Waals surface area contributed by atoms with Crippen molar-refractivity contribution in [1.82, 2.24) is 19.6 Å². The molecule has 32 heavy (non-hydrogen) atoms. The normalized spacial score (nSPS) is 17.2. The lowest BCUT2D eigenvalue weighted by Crippen LogP contribution is -2.49. The summed E-state index contributed by atoms with van der Waals surface area (Å²) in [6.07, 6.45) is 2.87. The van der Waals surface area contributed by atoms with Crippen molar-refractivity contribution in [2.45, 2.75) is 30.7 Å². The molecule has 1 aliphatic rings. The number of amides is 2. The van der Waals surface area contributed by atoms with E-state index in [-0.39, 0.29) is 17.3 Å². The number of pyridine rings is 1. The number of carbonyl (C=O) groups excluding carboxylic acids is 1. The highest BCUT2D eigenvalue weighted by Crippen LogP contribution is 2.31. The number of nitrogens with zero attached hydrogens (tertiary/aromatic N) is 3. The number of anilines is 1. The fourth-order valence-corrected chi connectivity index (χ4v) is 6.09. The van der Waals surface area contributed by atoms with E-state index in [1.165, 1.54) is 28.8 Å². The van der Waals surface area contributed by atoms with Gasteiger partial charge in [0.2, 0.25) is 15.9 Å². The van der Waals surface area contributed by atoms with Gasteiger partial charge in [-0.25, -0.2) is 18.2 Å². The van der Waals surface area contributed by atoms with Gasteiger partial charge in [0.05, 0.1) is 10.2 Å². The first-order valence-electron chi connectivity index (χ1n) is 9.85. The number of fused-ring (bicyclic) bond motifs is 1. The van der Waals surface area contributed by atoms with Gasteiger partial charge < -0.3 is 15.7 Å². The van der Waals surface area contributed by atoms with Crippen LogP contribution in [0.1, 0.15) is 19.8 Å². The summed E-state index contributed by atoms with van der Waals surface area (Å²) in [5.74, 6) is -0.204. The van der Waals surface area contributed by atoms with E-state index in [4.69, 9.17) is 5.11 Å². The molecule has 4 rings (SSSR count). The van der Waals surface area contributed by atoms with Crippen molar-refractivity contribution in [3.63, 3.8) is 0 Å². The molecule has 1 saturated heterocycles. The van der Waals surface area contributed by atoms with Crippen molar-refractivity contribution in [3.8, 4) is 11.1 Å². The van der Waals surface area contributed by atoms with E-state index < -0.39 is 22.2 Å². The number of hydrogen-bond donors (Lipinski definition) is 3. The number of carboxylic acid groups (broad SMARTS) is 1. The second kappa shape index (κ2) is 8.81. The second-order valence-electron chi connectivity index (χ2n) is 7.44. The molecular formula is C20H21N5O5S2. The van der Waals surface area contributed by atoms with Crippen LogP contribution in [0.15, 0.2) is 41.6 Å². The van der Waals surface area contributed by atoms with Crippen LogP contribution >= 0.6 is 11.3 Å². The Morgan fingerprint density at radius 1 is 1.22 bits per heavy atom. The minimum atomic E-state index is -3.83. The number of benzene rings is 1. The van der Waals surface area contributed by atoms with Crippen LogP contribution in [0.4, 0.5) is 9.93 Å². The molecule has 0 bridgehead atoms. The molecule has 1 aromatic carbocycles. The zero-order chi connectivity index (χ0) is 22.9. The summed E-state index contributed by atoms with van der Waals surface area (Å²) >= 11 is 1.33. The molecule has 1 atom stereocenters. The van der Waals surface area contributed by atoms with Crippen LogP contribution in [0.25, 0.3) is 21.3 Å². The molecule has 0 saturated carbocycles. The van der Waals surface area contributed by atoms with Crippen LogP contribution in [-0.4, -0.2) is 58.9 Å². The summed E-state index contributed by atoms with van der Waals surface area (Å²) in [4.78, 5) is 30.7. The van der Waals surface area contributed by atoms with Crippen molar-refractivity contribution in [2.24, 2.45) is 0 Å². The van der Waals surface area contributed by atoms with Gasteiger partial charge in [-0.05, 0) is 36.6 Å². The van der Waals surface area contributed by atoms with Crippen molar-refractivity contribution in [3.05, 3.63) is 36.7 Å². The predicted molar refractivity (Wildman–Crippen MR) is 120 cm³/mol. The zero-order valence-electron chi connectivity index (χ0n) is 17.1. The van der Waals surface area contributed by atoms with Gasteiger partial charge in [-0.15, -0.1) is 0 Å². The first kappa shape index (κ1) is 22.1. The average molecular weight is 476 g/mol. The van der Waals surface area contributed by atoms with Gasteiger partial charge in [0, 0.05) is 44.0 Å². The lowest BCUT2D eigenvalue weighted by atomic mass is 10.1.